The van der Waals surface area contributed by atoms with Gasteiger partial charge in [0.2, 0.25) is 0 Å². The van der Waals surface area contributed by atoms with Crippen molar-refractivity contribution >= 4 is 35.3 Å². The van der Waals surface area contributed by atoms with Crippen LogP contribution < -0.4 is 3.61 Å². The average molecular weight is 442 g/mol. The Morgan fingerprint density at radius 3 is 2.22 bits per heavy atom. The van der Waals surface area contributed by atoms with Crippen LogP contribution in [0.25, 0.3) is 0 Å². The van der Waals surface area contributed by atoms with Gasteiger partial charge in [-0.3, -0.25) is 0 Å². The van der Waals surface area contributed by atoms with Gasteiger partial charge in [-0.25, -0.2) is 0 Å². The Morgan fingerprint density at radius 2 is 1.65 bits per heavy atom. The van der Waals surface area contributed by atoms with Crippen molar-refractivity contribution in [3.05, 3.63) is 69.2 Å². The third-order valence-electron chi connectivity index (χ3n) is 3.38. The molecular weight excluding hydrogens is 420 g/mol. The van der Waals surface area contributed by atoms with Gasteiger partial charge in [-0.05, 0) is 0 Å². The Morgan fingerprint density at radius 1 is 1.09 bits per heavy atom. The number of allylic oxidation sites excluding steroid dienone is 1. The summed E-state index contributed by atoms with van der Waals surface area (Å²) in [4.78, 5) is 1.47. The van der Waals surface area contributed by atoms with Crippen LogP contribution in [0.2, 0.25) is 0 Å². The summed E-state index contributed by atoms with van der Waals surface area (Å²) in [5.41, 5.74) is 0. The molecule has 0 saturated carbocycles. The molecule has 122 valence electrons. The standard InChI is InChI=1S/C19H22O2STe/c1-3-10-18(20)19(22(21)16-11-6-4-7-12-16)15(2)23-17-13-8-5-9-14-17/h4-9,11-14,18,20H,3,10H2,1-2H3/b19-15-. The molecule has 0 radical (unpaired) electrons. The van der Waals surface area contributed by atoms with Crippen molar-refractivity contribution in [3.63, 3.8) is 0 Å². The van der Waals surface area contributed by atoms with Crippen LogP contribution in [0.1, 0.15) is 26.7 Å². The molecule has 0 aliphatic rings. The molecule has 23 heavy (non-hydrogen) atoms. The van der Waals surface area contributed by atoms with E-state index in [0.29, 0.717) is 11.3 Å². The van der Waals surface area contributed by atoms with Gasteiger partial charge in [0.15, 0.2) is 0 Å². The number of benzene rings is 2. The molecule has 2 unspecified atom stereocenters. The first-order chi connectivity index (χ1) is 11.1. The van der Waals surface area contributed by atoms with Crippen molar-refractivity contribution in [1.82, 2.24) is 0 Å². The van der Waals surface area contributed by atoms with E-state index in [4.69, 9.17) is 0 Å². The number of hydrogen-bond donors (Lipinski definition) is 1. The zero-order valence-corrected chi connectivity index (χ0v) is 16.6. The second kappa shape index (κ2) is 9.39. The van der Waals surface area contributed by atoms with Crippen LogP contribution in [0.4, 0.5) is 0 Å². The molecule has 0 aromatic heterocycles. The fourth-order valence-corrected chi connectivity index (χ4v) is 7.01. The van der Waals surface area contributed by atoms with Gasteiger partial charge in [-0.2, -0.15) is 0 Å². The van der Waals surface area contributed by atoms with Gasteiger partial charge < -0.3 is 0 Å². The predicted octanol–water partition coefficient (Wildman–Crippen LogP) is 3.22. The molecule has 1 N–H and O–H groups in total. The van der Waals surface area contributed by atoms with E-state index in [9.17, 15) is 9.32 Å². The van der Waals surface area contributed by atoms with Crippen molar-refractivity contribution in [2.24, 2.45) is 0 Å². The van der Waals surface area contributed by atoms with Gasteiger partial charge in [-0.15, -0.1) is 0 Å². The summed E-state index contributed by atoms with van der Waals surface area (Å²) in [6, 6.07) is 19.7. The zero-order chi connectivity index (χ0) is 16.7. The van der Waals surface area contributed by atoms with E-state index >= 15 is 0 Å². The fraction of sp³-hybridized carbons (Fsp3) is 0.263. The molecule has 2 aromatic carbocycles. The van der Waals surface area contributed by atoms with E-state index in [2.05, 4.69) is 12.1 Å². The predicted molar refractivity (Wildman–Crippen MR) is 98.3 cm³/mol. The summed E-state index contributed by atoms with van der Waals surface area (Å²) >= 11 is -0.625. The molecular formula is C19H22O2STe. The normalized spacial score (nSPS) is 14.9. The fourth-order valence-electron chi connectivity index (χ4n) is 2.28. The van der Waals surface area contributed by atoms with Gasteiger partial charge in [-0.1, -0.05) is 0 Å². The second-order valence-electron chi connectivity index (χ2n) is 5.22. The number of hydrogen-bond acceptors (Lipinski definition) is 2. The van der Waals surface area contributed by atoms with Crippen LogP contribution in [0, 0.1) is 0 Å². The molecule has 2 nitrogen and oxygen atoms in total. The average Bonchev–Trinajstić information content (AvgIpc) is 2.57. The Kier molecular flexibility index (Phi) is 7.52. The monoisotopic (exact) mass is 444 g/mol. The summed E-state index contributed by atoms with van der Waals surface area (Å²) in [5.74, 6) is 0. The quantitative estimate of drug-likeness (QED) is 0.670. The molecule has 0 saturated heterocycles. The third-order valence-corrected chi connectivity index (χ3v) is 8.42. The molecule has 0 bridgehead atoms. The summed E-state index contributed by atoms with van der Waals surface area (Å²) in [5, 5.41) is 10.6. The van der Waals surface area contributed by atoms with Crippen LogP contribution >= 0.6 is 0 Å². The molecule has 0 spiro atoms. The first kappa shape index (κ1) is 18.4. The molecule has 0 heterocycles. The van der Waals surface area contributed by atoms with Crippen molar-refractivity contribution in [2.45, 2.75) is 37.7 Å². The van der Waals surface area contributed by atoms with Gasteiger partial charge in [0.25, 0.3) is 0 Å². The number of aliphatic hydroxyl groups excluding tert-OH is 1. The van der Waals surface area contributed by atoms with Crippen molar-refractivity contribution in [2.75, 3.05) is 0 Å². The van der Waals surface area contributed by atoms with Crippen LogP contribution in [0.5, 0.6) is 0 Å². The zero-order valence-electron chi connectivity index (χ0n) is 13.4. The van der Waals surface area contributed by atoms with E-state index < -0.39 is 37.8 Å². The Balaban J connectivity index is 2.36. The number of aliphatic hydroxyl groups is 1. The maximum atomic E-state index is 13.0. The van der Waals surface area contributed by atoms with E-state index in [-0.39, 0.29) is 0 Å². The van der Waals surface area contributed by atoms with Crippen LogP contribution in [0.3, 0.4) is 0 Å². The number of rotatable bonds is 7. The summed E-state index contributed by atoms with van der Waals surface area (Å²) in [6.45, 7) is 4.07. The first-order valence-electron chi connectivity index (χ1n) is 7.72. The van der Waals surface area contributed by atoms with Gasteiger partial charge in [0, 0.05) is 0 Å². The molecule has 0 aliphatic heterocycles. The minimum absolute atomic E-state index is 0.625. The van der Waals surface area contributed by atoms with Crippen LogP contribution in [-0.4, -0.2) is 36.3 Å². The van der Waals surface area contributed by atoms with Crippen molar-refractivity contribution < 1.29 is 9.32 Å². The van der Waals surface area contributed by atoms with Crippen LogP contribution in [-0.2, 0) is 10.8 Å². The molecule has 2 rings (SSSR count). The molecule has 0 fully saturated rings. The molecule has 0 amide bonds. The van der Waals surface area contributed by atoms with E-state index in [1.807, 2.05) is 62.4 Å². The summed E-state index contributed by atoms with van der Waals surface area (Å²) in [6.07, 6.45) is 0.887. The van der Waals surface area contributed by atoms with Gasteiger partial charge in [0.05, 0.1) is 0 Å². The SMILES string of the molecule is CCCC(O)/C(=C(\C)[Te]c1ccccc1)S(=O)c1ccccc1. The van der Waals surface area contributed by atoms with Gasteiger partial charge in [0.1, 0.15) is 0 Å². The summed E-state index contributed by atoms with van der Waals surface area (Å²) in [7, 11) is -1.29. The van der Waals surface area contributed by atoms with E-state index in [1.165, 1.54) is 3.61 Å². The molecule has 0 aliphatic carbocycles. The van der Waals surface area contributed by atoms with E-state index in [1.54, 1.807) is 0 Å². The first-order valence-corrected chi connectivity index (χ1v) is 11.2. The van der Waals surface area contributed by atoms with Crippen molar-refractivity contribution in [3.8, 4) is 0 Å². The molecule has 2 atom stereocenters. The topological polar surface area (TPSA) is 37.3 Å². The maximum absolute atomic E-state index is 13.0. The Bertz CT molecular complexity index is 668. The molecule has 2 aromatic rings. The Hall–Kier alpha value is -0.920. The second-order valence-corrected chi connectivity index (χ2v) is 10.3. The van der Waals surface area contributed by atoms with Crippen LogP contribution in [0.15, 0.2) is 74.1 Å². The van der Waals surface area contributed by atoms with Gasteiger partial charge >= 0.3 is 152 Å². The van der Waals surface area contributed by atoms with E-state index in [0.717, 1.165) is 14.9 Å². The minimum atomic E-state index is -1.29. The third kappa shape index (κ3) is 5.29. The summed E-state index contributed by atoms with van der Waals surface area (Å²) < 4.78 is 15.4. The molecule has 4 heteroatoms. The van der Waals surface area contributed by atoms with Crippen molar-refractivity contribution in [1.29, 1.82) is 0 Å². The Labute approximate surface area is 151 Å².